The van der Waals surface area contributed by atoms with Crippen LogP contribution >= 0.6 is 0 Å². The van der Waals surface area contributed by atoms with Crippen molar-refractivity contribution in [2.24, 2.45) is 5.92 Å². The number of anilines is 1. The standard InChI is InChI=1S/C20H26N4O2/c1-15-3-5-17(6-4-15)14-22-19(25)13-16-8-11-24(12-9-16)18-7-10-21-20(23-18)26-2/h3-7,10,16H,8-9,11-14H2,1-2H3,(H,22,25). The Morgan fingerprint density at radius 2 is 1.96 bits per heavy atom. The Morgan fingerprint density at radius 3 is 2.65 bits per heavy atom. The summed E-state index contributed by atoms with van der Waals surface area (Å²) < 4.78 is 5.09. The van der Waals surface area contributed by atoms with Gasteiger partial charge in [0.15, 0.2) is 0 Å². The molecule has 0 spiro atoms. The summed E-state index contributed by atoms with van der Waals surface area (Å²) in [5.41, 5.74) is 2.37. The van der Waals surface area contributed by atoms with Crippen molar-refractivity contribution in [1.82, 2.24) is 15.3 Å². The SMILES string of the molecule is COc1nccc(N2CCC(CC(=O)NCc3ccc(C)cc3)CC2)n1. The summed E-state index contributed by atoms with van der Waals surface area (Å²) in [6, 6.07) is 10.5. The highest BCUT2D eigenvalue weighted by atomic mass is 16.5. The molecule has 1 aromatic carbocycles. The zero-order valence-corrected chi connectivity index (χ0v) is 15.4. The quantitative estimate of drug-likeness (QED) is 0.864. The number of nitrogens with one attached hydrogen (secondary N) is 1. The lowest BCUT2D eigenvalue weighted by molar-refractivity contribution is -0.122. The van der Waals surface area contributed by atoms with E-state index < -0.39 is 0 Å². The Hall–Kier alpha value is -2.63. The third-order valence-electron chi connectivity index (χ3n) is 4.82. The molecular formula is C20H26N4O2. The van der Waals surface area contributed by atoms with Gasteiger partial charge in [0.25, 0.3) is 0 Å². The van der Waals surface area contributed by atoms with Crippen LogP contribution in [0.15, 0.2) is 36.5 Å². The van der Waals surface area contributed by atoms with Crippen LogP contribution in [0.2, 0.25) is 0 Å². The van der Waals surface area contributed by atoms with E-state index in [0.717, 1.165) is 37.3 Å². The van der Waals surface area contributed by atoms with Gasteiger partial charge in [-0.05, 0) is 37.3 Å². The maximum absolute atomic E-state index is 12.2. The van der Waals surface area contributed by atoms with Gasteiger partial charge in [-0.1, -0.05) is 29.8 Å². The highest BCUT2D eigenvalue weighted by Gasteiger charge is 2.22. The van der Waals surface area contributed by atoms with Crippen molar-refractivity contribution in [2.45, 2.75) is 32.7 Å². The fraction of sp³-hybridized carbons (Fsp3) is 0.450. The first-order chi connectivity index (χ1) is 12.6. The predicted octanol–water partition coefficient (Wildman–Crippen LogP) is 2.72. The highest BCUT2D eigenvalue weighted by molar-refractivity contribution is 5.76. The van der Waals surface area contributed by atoms with Gasteiger partial charge in [-0.25, -0.2) is 4.98 Å². The summed E-state index contributed by atoms with van der Waals surface area (Å²) in [5.74, 6) is 1.44. The monoisotopic (exact) mass is 354 g/mol. The number of aryl methyl sites for hydroxylation is 1. The van der Waals surface area contributed by atoms with Crippen molar-refractivity contribution >= 4 is 11.7 Å². The second kappa shape index (κ2) is 8.65. The molecule has 0 bridgehead atoms. The van der Waals surface area contributed by atoms with Crippen LogP contribution in [0.25, 0.3) is 0 Å². The van der Waals surface area contributed by atoms with E-state index in [2.05, 4.69) is 51.4 Å². The number of benzene rings is 1. The summed E-state index contributed by atoms with van der Waals surface area (Å²) in [4.78, 5) is 22.9. The number of carbonyl (C=O) groups is 1. The van der Waals surface area contributed by atoms with E-state index in [-0.39, 0.29) is 5.91 Å². The molecule has 0 unspecified atom stereocenters. The normalized spacial score (nSPS) is 14.9. The zero-order valence-electron chi connectivity index (χ0n) is 15.4. The van der Waals surface area contributed by atoms with Crippen LogP contribution in [0.3, 0.4) is 0 Å². The molecule has 6 heteroatoms. The van der Waals surface area contributed by atoms with Gasteiger partial charge in [-0.3, -0.25) is 4.79 Å². The van der Waals surface area contributed by atoms with Crippen LogP contribution in [-0.4, -0.2) is 36.1 Å². The topological polar surface area (TPSA) is 67.3 Å². The van der Waals surface area contributed by atoms with Crippen LogP contribution in [0.5, 0.6) is 6.01 Å². The number of nitrogens with zero attached hydrogens (tertiary/aromatic N) is 3. The van der Waals surface area contributed by atoms with Crippen LogP contribution in [0.4, 0.5) is 5.82 Å². The molecule has 3 rings (SSSR count). The van der Waals surface area contributed by atoms with Crippen molar-refractivity contribution < 1.29 is 9.53 Å². The Morgan fingerprint density at radius 1 is 1.23 bits per heavy atom. The van der Waals surface area contributed by atoms with Crippen molar-refractivity contribution in [2.75, 3.05) is 25.1 Å². The molecule has 0 atom stereocenters. The maximum atomic E-state index is 12.2. The molecule has 0 saturated carbocycles. The third-order valence-corrected chi connectivity index (χ3v) is 4.82. The number of aromatic nitrogens is 2. The fourth-order valence-corrected chi connectivity index (χ4v) is 3.21. The lowest BCUT2D eigenvalue weighted by Crippen LogP contribution is -2.36. The molecule has 2 aromatic rings. The van der Waals surface area contributed by atoms with Gasteiger partial charge in [0.1, 0.15) is 5.82 Å². The molecule has 2 heterocycles. The van der Waals surface area contributed by atoms with Crippen LogP contribution in [-0.2, 0) is 11.3 Å². The van der Waals surface area contributed by atoms with Gasteiger partial charge in [0, 0.05) is 32.3 Å². The summed E-state index contributed by atoms with van der Waals surface area (Å²) in [5, 5.41) is 3.03. The van der Waals surface area contributed by atoms with E-state index in [9.17, 15) is 4.79 Å². The average Bonchev–Trinajstić information content (AvgIpc) is 2.68. The van der Waals surface area contributed by atoms with Crippen LogP contribution < -0.4 is 15.0 Å². The van der Waals surface area contributed by atoms with Gasteiger partial charge >= 0.3 is 6.01 Å². The molecule has 1 fully saturated rings. The first-order valence-corrected chi connectivity index (χ1v) is 9.08. The smallest absolute Gasteiger partial charge is 0.318 e. The Kier molecular flexibility index (Phi) is 6.04. The number of methoxy groups -OCH3 is 1. The highest BCUT2D eigenvalue weighted by Crippen LogP contribution is 2.24. The molecule has 1 aliphatic heterocycles. The third kappa shape index (κ3) is 4.94. The molecule has 1 N–H and O–H groups in total. The first kappa shape index (κ1) is 18.2. The predicted molar refractivity (Wildman–Crippen MR) is 101 cm³/mol. The second-order valence-electron chi connectivity index (χ2n) is 6.80. The number of hydrogen-bond acceptors (Lipinski definition) is 5. The molecule has 1 aromatic heterocycles. The minimum atomic E-state index is 0.132. The summed E-state index contributed by atoms with van der Waals surface area (Å²) in [7, 11) is 1.57. The number of carbonyl (C=O) groups excluding carboxylic acids is 1. The van der Waals surface area contributed by atoms with Crippen molar-refractivity contribution in [3.8, 4) is 6.01 Å². The fourth-order valence-electron chi connectivity index (χ4n) is 3.21. The Bertz CT molecular complexity index is 725. The second-order valence-corrected chi connectivity index (χ2v) is 6.80. The summed E-state index contributed by atoms with van der Waals surface area (Å²) in [6.45, 7) is 4.46. The molecular weight excluding hydrogens is 328 g/mol. The van der Waals surface area contributed by atoms with Gasteiger partial charge < -0.3 is 15.0 Å². The average molecular weight is 354 g/mol. The summed E-state index contributed by atoms with van der Waals surface area (Å²) >= 11 is 0. The number of rotatable bonds is 6. The molecule has 26 heavy (non-hydrogen) atoms. The van der Waals surface area contributed by atoms with Crippen molar-refractivity contribution in [1.29, 1.82) is 0 Å². The van der Waals surface area contributed by atoms with Gasteiger partial charge in [0.05, 0.1) is 7.11 Å². The molecule has 0 radical (unpaired) electrons. The number of hydrogen-bond donors (Lipinski definition) is 1. The molecule has 138 valence electrons. The van der Waals surface area contributed by atoms with E-state index in [1.807, 2.05) is 6.07 Å². The number of amides is 1. The number of ether oxygens (including phenoxy) is 1. The Labute approximate surface area is 154 Å². The van der Waals surface area contributed by atoms with E-state index >= 15 is 0 Å². The van der Waals surface area contributed by atoms with Gasteiger partial charge in [-0.2, -0.15) is 4.98 Å². The molecule has 1 aliphatic rings. The lowest BCUT2D eigenvalue weighted by Gasteiger charge is -2.32. The number of piperidine rings is 1. The molecule has 1 saturated heterocycles. The minimum Gasteiger partial charge on any atom is -0.467 e. The molecule has 6 nitrogen and oxygen atoms in total. The Balaban J connectivity index is 1.43. The van der Waals surface area contributed by atoms with Crippen molar-refractivity contribution in [3.63, 3.8) is 0 Å². The van der Waals surface area contributed by atoms with Crippen LogP contribution in [0.1, 0.15) is 30.4 Å². The van der Waals surface area contributed by atoms with Crippen LogP contribution in [0, 0.1) is 12.8 Å². The van der Waals surface area contributed by atoms with E-state index in [0.29, 0.717) is 24.9 Å². The van der Waals surface area contributed by atoms with Gasteiger partial charge in [0.2, 0.25) is 5.91 Å². The minimum absolute atomic E-state index is 0.132. The molecule has 0 aliphatic carbocycles. The summed E-state index contributed by atoms with van der Waals surface area (Å²) in [6.07, 6.45) is 4.28. The lowest BCUT2D eigenvalue weighted by atomic mass is 9.93. The van der Waals surface area contributed by atoms with Gasteiger partial charge in [-0.15, -0.1) is 0 Å². The first-order valence-electron chi connectivity index (χ1n) is 9.08. The molecule has 1 amide bonds. The van der Waals surface area contributed by atoms with E-state index in [4.69, 9.17) is 4.74 Å². The largest absolute Gasteiger partial charge is 0.467 e. The maximum Gasteiger partial charge on any atom is 0.318 e. The van der Waals surface area contributed by atoms with Crippen molar-refractivity contribution in [3.05, 3.63) is 47.7 Å². The van der Waals surface area contributed by atoms with E-state index in [1.165, 1.54) is 5.56 Å². The van der Waals surface area contributed by atoms with E-state index in [1.54, 1.807) is 13.3 Å². The zero-order chi connectivity index (χ0) is 18.4.